The van der Waals surface area contributed by atoms with Gasteiger partial charge >= 0.3 is 6.18 Å². The maximum Gasteiger partial charge on any atom is 0.408 e. The second kappa shape index (κ2) is 7.75. The lowest BCUT2D eigenvalue weighted by Crippen LogP contribution is -2.54. The number of hydrogen-bond donors (Lipinski definition) is 2. The van der Waals surface area contributed by atoms with Crippen LogP contribution in [0.5, 0.6) is 0 Å². The van der Waals surface area contributed by atoms with Gasteiger partial charge in [0.15, 0.2) is 0 Å². The van der Waals surface area contributed by atoms with Crippen LogP contribution in [0.2, 0.25) is 0 Å². The predicted molar refractivity (Wildman–Crippen MR) is 108 cm³/mol. The summed E-state index contributed by atoms with van der Waals surface area (Å²) in [5, 5.41) is 4.13. The number of nitrogens with zero attached hydrogens (tertiary/aromatic N) is 4. The second-order valence-electron chi connectivity index (χ2n) is 9.22. The minimum atomic E-state index is -4.33. The minimum Gasteiger partial charge on any atom is -0.387 e. The summed E-state index contributed by atoms with van der Waals surface area (Å²) in [5.74, 6) is 0.624. The molecule has 3 rings (SSSR count). The van der Waals surface area contributed by atoms with Crippen molar-refractivity contribution in [3.8, 4) is 0 Å². The molecule has 0 bridgehead atoms. The predicted octanol–water partition coefficient (Wildman–Crippen LogP) is 3.00. The van der Waals surface area contributed by atoms with Crippen LogP contribution in [-0.4, -0.2) is 52.9 Å². The molecule has 29 heavy (non-hydrogen) atoms. The molecule has 162 valence electrons. The van der Waals surface area contributed by atoms with E-state index in [1.54, 1.807) is 12.3 Å². The molecule has 0 aromatic carbocycles. The molecule has 0 radical (unpaired) electrons. The molecule has 1 aromatic rings. The zero-order valence-electron chi connectivity index (χ0n) is 17.3. The zero-order valence-corrected chi connectivity index (χ0v) is 17.3. The molecule has 1 aliphatic carbocycles. The molecule has 2 aliphatic rings. The average molecular weight is 413 g/mol. The van der Waals surface area contributed by atoms with Crippen LogP contribution in [0.3, 0.4) is 0 Å². The first-order valence-corrected chi connectivity index (χ1v) is 9.97. The number of nitrogens with two attached hydrogens (primary N) is 2. The van der Waals surface area contributed by atoms with E-state index in [0.29, 0.717) is 23.5 Å². The molecule has 1 fully saturated rings. The van der Waals surface area contributed by atoms with Crippen molar-refractivity contribution < 1.29 is 13.2 Å². The molecular weight excluding hydrogens is 381 g/mol. The smallest absolute Gasteiger partial charge is 0.387 e. The molecule has 0 amide bonds. The molecule has 1 atom stereocenters. The molecule has 0 saturated heterocycles. The van der Waals surface area contributed by atoms with E-state index in [0.717, 1.165) is 36.9 Å². The van der Waals surface area contributed by atoms with Crippen molar-refractivity contribution in [2.45, 2.75) is 57.3 Å². The van der Waals surface area contributed by atoms with E-state index in [9.17, 15) is 13.2 Å². The Morgan fingerprint density at radius 1 is 1.28 bits per heavy atom. The lowest BCUT2D eigenvalue weighted by molar-refractivity contribution is -0.142. The van der Waals surface area contributed by atoms with Crippen molar-refractivity contribution in [2.75, 3.05) is 20.6 Å². The number of halogens is 3. The van der Waals surface area contributed by atoms with Gasteiger partial charge in [0.2, 0.25) is 0 Å². The number of amidine groups is 1. The van der Waals surface area contributed by atoms with Crippen LogP contribution < -0.4 is 11.5 Å². The highest BCUT2D eigenvalue weighted by atomic mass is 19.4. The summed E-state index contributed by atoms with van der Waals surface area (Å²) in [6, 6.07) is 1.58. The molecule has 1 saturated carbocycles. The van der Waals surface area contributed by atoms with Crippen LogP contribution in [0.15, 0.2) is 23.5 Å². The maximum atomic E-state index is 12.7. The number of aliphatic imine (C=N–C) groups is 1. The lowest BCUT2D eigenvalue weighted by Gasteiger charge is -2.47. The third-order valence-corrected chi connectivity index (χ3v) is 6.21. The highest BCUT2D eigenvalue weighted by Gasteiger charge is 2.45. The fourth-order valence-electron chi connectivity index (χ4n) is 4.91. The van der Waals surface area contributed by atoms with Crippen LogP contribution in [0.25, 0.3) is 5.57 Å². The van der Waals surface area contributed by atoms with Gasteiger partial charge < -0.3 is 16.4 Å². The highest BCUT2D eigenvalue weighted by Crippen LogP contribution is 2.47. The Morgan fingerprint density at radius 3 is 2.52 bits per heavy atom. The first-order chi connectivity index (χ1) is 13.4. The van der Waals surface area contributed by atoms with Crippen LogP contribution in [0.4, 0.5) is 13.2 Å². The van der Waals surface area contributed by atoms with Crippen molar-refractivity contribution in [1.82, 2.24) is 14.7 Å². The Morgan fingerprint density at radius 2 is 1.93 bits per heavy atom. The number of aromatic nitrogens is 2. The third-order valence-electron chi connectivity index (χ3n) is 6.21. The largest absolute Gasteiger partial charge is 0.408 e. The molecule has 1 unspecified atom stereocenters. The van der Waals surface area contributed by atoms with E-state index in [-0.39, 0.29) is 11.3 Å². The molecule has 6 nitrogen and oxygen atoms in total. The van der Waals surface area contributed by atoms with Crippen LogP contribution >= 0.6 is 0 Å². The SMILES string of the molecule is CN(C)CC1(C)CCC(C2(N)CC(N)=NC=C2c2ccn(CC(F)(F)F)n2)CC1. The first-order valence-electron chi connectivity index (χ1n) is 9.97. The Bertz CT molecular complexity index is 786. The van der Waals surface area contributed by atoms with Crippen molar-refractivity contribution in [3.05, 3.63) is 24.2 Å². The van der Waals surface area contributed by atoms with Gasteiger partial charge in [0.1, 0.15) is 12.4 Å². The number of alkyl halides is 3. The van der Waals surface area contributed by atoms with Gasteiger partial charge in [-0.05, 0) is 57.2 Å². The van der Waals surface area contributed by atoms with Crippen molar-refractivity contribution in [1.29, 1.82) is 0 Å². The third kappa shape index (κ3) is 5.01. The minimum absolute atomic E-state index is 0.172. The number of hydrogen-bond acceptors (Lipinski definition) is 5. The summed E-state index contributed by atoms with van der Waals surface area (Å²) >= 11 is 0. The summed E-state index contributed by atoms with van der Waals surface area (Å²) in [6.45, 7) is 2.19. The van der Waals surface area contributed by atoms with Gasteiger partial charge in [0.25, 0.3) is 0 Å². The summed E-state index contributed by atoms with van der Waals surface area (Å²) in [7, 11) is 4.16. The quantitative estimate of drug-likeness (QED) is 0.779. The Kier molecular flexibility index (Phi) is 5.84. The van der Waals surface area contributed by atoms with E-state index in [4.69, 9.17) is 11.5 Å². The summed E-state index contributed by atoms with van der Waals surface area (Å²) in [6.07, 6.45) is 2.95. The summed E-state index contributed by atoms with van der Waals surface area (Å²) in [5.41, 5.74) is 13.5. The maximum absolute atomic E-state index is 12.7. The fraction of sp³-hybridized carbons (Fsp3) is 0.700. The van der Waals surface area contributed by atoms with Crippen LogP contribution in [0, 0.1) is 11.3 Å². The van der Waals surface area contributed by atoms with Gasteiger partial charge in [-0.3, -0.25) is 4.68 Å². The van der Waals surface area contributed by atoms with E-state index in [1.807, 2.05) is 0 Å². The van der Waals surface area contributed by atoms with Gasteiger partial charge in [0, 0.05) is 30.9 Å². The van der Waals surface area contributed by atoms with Gasteiger partial charge in [-0.1, -0.05) is 6.92 Å². The standard InChI is InChI=1S/C20H31F3N6/c1-18(12-28(2)3)7-4-14(5-8-18)19(25)10-17(24)26-11-15(19)16-6-9-29(27-16)13-20(21,22)23/h6,9,11,14H,4-5,7-8,10,12-13,25H2,1-3H3,(H2,24,26). The second-order valence-corrected chi connectivity index (χ2v) is 9.22. The van der Waals surface area contributed by atoms with Gasteiger partial charge in [-0.2, -0.15) is 18.3 Å². The molecule has 0 spiro atoms. The molecule has 4 N–H and O–H groups in total. The fourth-order valence-corrected chi connectivity index (χ4v) is 4.91. The van der Waals surface area contributed by atoms with E-state index >= 15 is 0 Å². The molecule has 9 heteroatoms. The molecular formula is C20H31F3N6. The van der Waals surface area contributed by atoms with Crippen molar-refractivity contribution >= 4 is 11.4 Å². The van der Waals surface area contributed by atoms with E-state index < -0.39 is 18.3 Å². The van der Waals surface area contributed by atoms with Crippen molar-refractivity contribution in [2.24, 2.45) is 27.8 Å². The topological polar surface area (TPSA) is 85.5 Å². The van der Waals surface area contributed by atoms with Gasteiger partial charge in [-0.25, -0.2) is 4.99 Å². The average Bonchev–Trinajstić information content (AvgIpc) is 3.00. The van der Waals surface area contributed by atoms with Gasteiger partial charge in [0.05, 0.1) is 11.2 Å². The summed E-state index contributed by atoms with van der Waals surface area (Å²) < 4.78 is 39.0. The van der Waals surface area contributed by atoms with Gasteiger partial charge in [-0.15, -0.1) is 0 Å². The van der Waals surface area contributed by atoms with Crippen LogP contribution in [0.1, 0.15) is 44.7 Å². The zero-order chi connectivity index (χ0) is 21.4. The first kappa shape index (κ1) is 21.8. The highest BCUT2D eigenvalue weighted by molar-refractivity contribution is 5.90. The van der Waals surface area contributed by atoms with Crippen molar-refractivity contribution in [3.63, 3.8) is 0 Å². The van der Waals surface area contributed by atoms with Crippen LogP contribution in [-0.2, 0) is 6.54 Å². The Hall–Kier alpha value is -1.87. The normalized spacial score (nSPS) is 31.0. The molecule has 1 aliphatic heterocycles. The van der Waals surface area contributed by atoms with E-state index in [1.165, 1.54) is 6.20 Å². The van der Waals surface area contributed by atoms with E-state index in [2.05, 4.69) is 36.0 Å². The Balaban J connectivity index is 1.82. The molecule has 2 heterocycles. The number of rotatable bonds is 5. The monoisotopic (exact) mass is 412 g/mol. The lowest BCUT2D eigenvalue weighted by atomic mass is 9.62. The molecule has 1 aromatic heterocycles. The Labute approximate surface area is 169 Å². The summed E-state index contributed by atoms with van der Waals surface area (Å²) in [4.78, 5) is 6.41.